The summed E-state index contributed by atoms with van der Waals surface area (Å²) < 4.78 is 16.4. The first-order valence-electron chi connectivity index (χ1n) is 6.74. The third kappa shape index (κ3) is 3.93. The molecule has 0 amide bonds. The van der Waals surface area contributed by atoms with Crippen LogP contribution in [-0.4, -0.2) is 22.3 Å². The summed E-state index contributed by atoms with van der Waals surface area (Å²) in [6.07, 6.45) is 2.42. The molecular weight excluding hydrogens is 331 g/mol. The summed E-state index contributed by atoms with van der Waals surface area (Å²) in [6.45, 7) is 0.725. The molecule has 1 saturated heterocycles. The second-order valence-corrected chi connectivity index (χ2v) is 6.54. The van der Waals surface area contributed by atoms with Crippen LogP contribution in [0.1, 0.15) is 36.8 Å². The van der Waals surface area contributed by atoms with Crippen molar-refractivity contribution in [1.82, 2.24) is 9.36 Å². The summed E-state index contributed by atoms with van der Waals surface area (Å²) in [4.78, 5) is 4.23. The lowest BCUT2D eigenvalue weighted by molar-refractivity contribution is -0.182. The topological polar surface area (TPSA) is 44.2 Å². The second-order valence-electron chi connectivity index (χ2n) is 4.77. The van der Waals surface area contributed by atoms with Crippen molar-refractivity contribution >= 4 is 34.7 Å². The van der Waals surface area contributed by atoms with Crippen LogP contribution in [0.4, 0.5) is 0 Å². The highest BCUT2D eigenvalue weighted by Gasteiger charge is 2.25. The van der Waals surface area contributed by atoms with E-state index in [9.17, 15) is 0 Å². The lowest BCUT2D eigenvalue weighted by atomic mass is 10.1. The molecule has 0 radical (unpaired) electrons. The van der Waals surface area contributed by atoms with Gasteiger partial charge < -0.3 is 9.47 Å². The standard InChI is InChI=1S/C14H14Cl2N2O2S/c15-10-6-4-9(5-7-10)12(13-17-14(16)21-18-13)20-11-3-1-2-8-19-11/h4-7,11-12H,1-3,8H2. The zero-order valence-electron chi connectivity index (χ0n) is 11.2. The fourth-order valence-corrected chi connectivity index (χ4v) is 2.97. The minimum Gasteiger partial charge on any atom is -0.353 e. The Morgan fingerprint density at radius 3 is 2.67 bits per heavy atom. The highest BCUT2D eigenvalue weighted by atomic mass is 35.5. The Hall–Kier alpha value is -0.720. The third-order valence-corrected chi connectivity index (χ3v) is 4.31. The van der Waals surface area contributed by atoms with Crippen LogP contribution in [0.2, 0.25) is 9.49 Å². The summed E-state index contributed by atoms with van der Waals surface area (Å²) in [7, 11) is 0. The van der Waals surface area contributed by atoms with Crippen LogP contribution < -0.4 is 0 Å². The average Bonchev–Trinajstić information content (AvgIpc) is 2.93. The maximum atomic E-state index is 6.07. The maximum absolute atomic E-state index is 6.07. The molecule has 7 heteroatoms. The lowest BCUT2D eigenvalue weighted by Crippen LogP contribution is -2.25. The van der Waals surface area contributed by atoms with Crippen molar-refractivity contribution in [3.05, 3.63) is 45.1 Å². The van der Waals surface area contributed by atoms with E-state index in [4.69, 9.17) is 32.7 Å². The van der Waals surface area contributed by atoms with E-state index in [1.807, 2.05) is 24.3 Å². The van der Waals surface area contributed by atoms with Crippen LogP contribution in [0.3, 0.4) is 0 Å². The van der Waals surface area contributed by atoms with Gasteiger partial charge in [-0.3, -0.25) is 0 Å². The molecule has 1 fully saturated rings. The Balaban J connectivity index is 1.84. The van der Waals surface area contributed by atoms with Crippen LogP contribution in [0.25, 0.3) is 0 Å². The van der Waals surface area contributed by atoms with Crippen molar-refractivity contribution in [2.45, 2.75) is 31.7 Å². The van der Waals surface area contributed by atoms with E-state index >= 15 is 0 Å². The Morgan fingerprint density at radius 2 is 2.05 bits per heavy atom. The molecule has 0 saturated carbocycles. The van der Waals surface area contributed by atoms with Gasteiger partial charge in [0.25, 0.3) is 0 Å². The number of aromatic nitrogens is 2. The highest BCUT2D eigenvalue weighted by Crippen LogP contribution is 2.30. The van der Waals surface area contributed by atoms with Crippen molar-refractivity contribution in [2.75, 3.05) is 6.61 Å². The summed E-state index contributed by atoms with van der Waals surface area (Å²) in [5.41, 5.74) is 0.933. The first-order chi connectivity index (χ1) is 10.2. The molecule has 112 valence electrons. The van der Waals surface area contributed by atoms with E-state index in [-0.39, 0.29) is 6.29 Å². The Bertz CT molecular complexity index is 585. The van der Waals surface area contributed by atoms with Gasteiger partial charge in [0, 0.05) is 11.6 Å². The molecule has 0 spiro atoms. The summed E-state index contributed by atoms with van der Waals surface area (Å²) >= 11 is 13.0. The van der Waals surface area contributed by atoms with Crippen LogP contribution in [0.5, 0.6) is 0 Å². The molecule has 2 heterocycles. The molecule has 2 aromatic rings. The first kappa shape index (κ1) is 15.2. The SMILES string of the molecule is Clc1ccc(C(OC2CCCCO2)c2nsc(Cl)n2)cc1. The highest BCUT2D eigenvalue weighted by molar-refractivity contribution is 7.10. The predicted molar refractivity (Wildman–Crippen MR) is 82.9 cm³/mol. The van der Waals surface area contributed by atoms with Crippen LogP contribution in [0.15, 0.2) is 24.3 Å². The monoisotopic (exact) mass is 344 g/mol. The molecule has 1 aliphatic heterocycles. The van der Waals surface area contributed by atoms with Gasteiger partial charge >= 0.3 is 0 Å². The number of hydrogen-bond acceptors (Lipinski definition) is 5. The molecule has 0 aliphatic carbocycles. The molecule has 21 heavy (non-hydrogen) atoms. The number of halogens is 2. The zero-order chi connectivity index (χ0) is 14.7. The van der Waals surface area contributed by atoms with Gasteiger partial charge in [-0.1, -0.05) is 23.7 Å². The van der Waals surface area contributed by atoms with E-state index in [1.165, 1.54) is 0 Å². The lowest BCUT2D eigenvalue weighted by Gasteiger charge is -2.26. The van der Waals surface area contributed by atoms with Crippen LogP contribution in [-0.2, 0) is 9.47 Å². The number of ether oxygens (including phenoxy) is 2. The minimum atomic E-state index is -0.394. The number of nitrogens with zero attached hydrogens (tertiary/aromatic N) is 2. The number of benzene rings is 1. The Morgan fingerprint density at radius 1 is 1.24 bits per heavy atom. The Labute approximate surface area is 137 Å². The fourth-order valence-electron chi connectivity index (χ4n) is 2.22. The van der Waals surface area contributed by atoms with Crippen molar-refractivity contribution in [3.63, 3.8) is 0 Å². The van der Waals surface area contributed by atoms with Gasteiger partial charge in [-0.05, 0) is 60.1 Å². The van der Waals surface area contributed by atoms with Gasteiger partial charge in [0.2, 0.25) is 4.47 Å². The number of hydrogen-bond donors (Lipinski definition) is 0. The van der Waals surface area contributed by atoms with Crippen molar-refractivity contribution in [2.24, 2.45) is 0 Å². The van der Waals surface area contributed by atoms with Gasteiger partial charge in [0.1, 0.15) is 6.10 Å². The fraction of sp³-hybridized carbons (Fsp3) is 0.429. The van der Waals surface area contributed by atoms with Crippen molar-refractivity contribution < 1.29 is 9.47 Å². The number of rotatable bonds is 4. The summed E-state index contributed by atoms with van der Waals surface area (Å²) in [5, 5.41) is 0.677. The van der Waals surface area contributed by atoms with E-state index in [0.29, 0.717) is 15.3 Å². The normalized spacial score (nSPS) is 20.4. The molecular formula is C14H14Cl2N2O2S. The second kappa shape index (κ2) is 7.03. The van der Waals surface area contributed by atoms with E-state index in [0.717, 1.165) is 43.0 Å². The van der Waals surface area contributed by atoms with Crippen LogP contribution >= 0.6 is 34.7 Å². The Kier molecular flexibility index (Phi) is 5.08. The van der Waals surface area contributed by atoms with Gasteiger partial charge in [0.15, 0.2) is 12.1 Å². The van der Waals surface area contributed by atoms with Gasteiger partial charge in [-0.15, -0.1) is 0 Å². The van der Waals surface area contributed by atoms with E-state index in [1.54, 1.807) is 0 Å². The van der Waals surface area contributed by atoms with Crippen LogP contribution in [0, 0.1) is 0 Å². The minimum absolute atomic E-state index is 0.235. The summed E-state index contributed by atoms with van der Waals surface area (Å²) in [5.74, 6) is 0.557. The third-order valence-electron chi connectivity index (χ3n) is 3.25. The molecule has 1 aromatic heterocycles. The largest absolute Gasteiger partial charge is 0.353 e. The molecule has 1 aliphatic rings. The summed E-state index contributed by atoms with van der Waals surface area (Å²) in [6, 6.07) is 7.46. The first-order valence-corrected chi connectivity index (χ1v) is 8.27. The van der Waals surface area contributed by atoms with Crippen molar-refractivity contribution in [1.29, 1.82) is 0 Å². The average molecular weight is 345 g/mol. The molecule has 0 bridgehead atoms. The molecule has 4 nitrogen and oxygen atoms in total. The molecule has 2 unspecified atom stereocenters. The van der Waals surface area contributed by atoms with Crippen molar-refractivity contribution in [3.8, 4) is 0 Å². The van der Waals surface area contributed by atoms with E-state index < -0.39 is 6.10 Å². The van der Waals surface area contributed by atoms with E-state index in [2.05, 4.69) is 9.36 Å². The predicted octanol–water partition coefficient (Wildman–Crippen LogP) is 4.48. The maximum Gasteiger partial charge on any atom is 0.203 e. The molecule has 0 N–H and O–H groups in total. The quantitative estimate of drug-likeness (QED) is 0.820. The molecule has 2 atom stereocenters. The molecule has 3 rings (SSSR count). The van der Waals surface area contributed by atoms with Gasteiger partial charge in [-0.25, -0.2) is 4.98 Å². The molecule has 1 aromatic carbocycles. The van der Waals surface area contributed by atoms with Gasteiger partial charge in [0.05, 0.1) is 0 Å². The smallest absolute Gasteiger partial charge is 0.203 e. The van der Waals surface area contributed by atoms with Gasteiger partial charge in [-0.2, -0.15) is 4.37 Å². The zero-order valence-corrected chi connectivity index (χ0v) is 13.5.